The highest BCUT2D eigenvalue weighted by atomic mass is 16.6. The highest BCUT2D eigenvalue weighted by Gasteiger charge is 2.45. The van der Waals surface area contributed by atoms with E-state index in [4.69, 9.17) is 4.74 Å². The molecule has 0 aromatic heterocycles. The number of Topliss-reactive ketones (excluding diaryl/α,β-unsaturated/α-hetero) is 1. The lowest BCUT2D eigenvalue weighted by atomic mass is 9.79. The fraction of sp³-hybridized carbons (Fsp3) is 0.235. The number of fused-ring (bicyclic) bond motifs is 3. The molecule has 0 bridgehead atoms. The van der Waals surface area contributed by atoms with Crippen molar-refractivity contribution in [1.82, 2.24) is 5.32 Å². The summed E-state index contributed by atoms with van der Waals surface area (Å²) in [6.07, 6.45) is -0.385. The molecule has 1 aliphatic carbocycles. The summed E-state index contributed by atoms with van der Waals surface area (Å²) < 4.78 is 5.42. The van der Waals surface area contributed by atoms with Crippen molar-refractivity contribution in [3.8, 4) is 11.1 Å². The number of anilines is 1. The van der Waals surface area contributed by atoms with Crippen LogP contribution < -0.4 is 10.6 Å². The summed E-state index contributed by atoms with van der Waals surface area (Å²) in [7, 11) is 0. The van der Waals surface area contributed by atoms with Crippen molar-refractivity contribution in [2.24, 2.45) is 0 Å². The zero-order valence-electron chi connectivity index (χ0n) is 22.8. The highest BCUT2D eigenvalue weighted by molar-refractivity contribution is 5.91. The van der Waals surface area contributed by atoms with Gasteiger partial charge in [-0.2, -0.15) is 0 Å². The molecule has 198 valence electrons. The highest BCUT2D eigenvalue weighted by Crippen LogP contribution is 2.51. The van der Waals surface area contributed by atoms with Crippen molar-refractivity contribution in [3.05, 3.63) is 125 Å². The summed E-state index contributed by atoms with van der Waals surface area (Å²) >= 11 is 0. The van der Waals surface area contributed by atoms with Gasteiger partial charge in [0.15, 0.2) is 5.78 Å². The van der Waals surface area contributed by atoms with Crippen molar-refractivity contribution in [2.45, 2.75) is 51.3 Å². The molecular formula is C34H34N2O3. The molecule has 0 heterocycles. The van der Waals surface area contributed by atoms with E-state index in [9.17, 15) is 9.59 Å². The van der Waals surface area contributed by atoms with Crippen molar-refractivity contribution in [3.63, 3.8) is 0 Å². The summed E-state index contributed by atoms with van der Waals surface area (Å²) in [6, 6.07) is 34.0. The Labute approximate surface area is 230 Å². The monoisotopic (exact) mass is 518 g/mol. The van der Waals surface area contributed by atoms with Gasteiger partial charge in [0.1, 0.15) is 5.60 Å². The Balaban J connectivity index is 1.47. The molecule has 5 heteroatoms. The zero-order valence-corrected chi connectivity index (χ0v) is 22.8. The summed E-state index contributed by atoms with van der Waals surface area (Å²) in [5, 5.41) is 6.58. The number of ether oxygens (including phenoxy) is 1. The Morgan fingerprint density at radius 3 is 1.92 bits per heavy atom. The van der Waals surface area contributed by atoms with E-state index in [2.05, 4.69) is 71.3 Å². The summed E-state index contributed by atoms with van der Waals surface area (Å²) in [5.41, 5.74) is 5.67. The van der Waals surface area contributed by atoms with Crippen LogP contribution >= 0.6 is 0 Å². The van der Waals surface area contributed by atoms with Gasteiger partial charge in [-0.1, -0.05) is 97.1 Å². The van der Waals surface area contributed by atoms with Gasteiger partial charge in [-0.15, -0.1) is 0 Å². The van der Waals surface area contributed by atoms with Crippen molar-refractivity contribution in [2.75, 3.05) is 5.32 Å². The molecule has 2 N–H and O–H groups in total. The van der Waals surface area contributed by atoms with Gasteiger partial charge in [0.05, 0.1) is 11.6 Å². The number of hydrogen-bond acceptors (Lipinski definition) is 4. The van der Waals surface area contributed by atoms with Crippen LogP contribution in [0.15, 0.2) is 103 Å². The average molecular weight is 519 g/mol. The lowest BCUT2D eigenvalue weighted by molar-refractivity contribution is -0.120. The minimum atomic E-state index is -0.683. The van der Waals surface area contributed by atoms with E-state index in [1.54, 1.807) is 6.07 Å². The van der Waals surface area contributed by atoms with Gasteiger partial charge in [-0.3, -0.25) is 15.4 Å². The first-order chi connectivity index (χ1) is 18.7. The molecule has 0 fully saturated rings. The first-order valence-corrected chi connectivity index (χ1v) is 13.3. The molecule has 1 amide bonds. The minimum absolute atomic E-state index is 0.0191. The van der Waals surface area contributed by atoms with E-state index in [-0.39, 0.29) is 12.2 Å². The number of amides is 1. The van der Waals surface area contributed by atoms with E-state index in [1.165, 1.54) is 0 Å². The molecule has 0 aliphatic heterocycles. The van der Waals surface area contributed by atoms with Gasteiger partial charge in [-0.05, 0) is 67.1 Å². The predicted molar refractivity (Wildman–Crippen MR) is 156 cm³/mol. The Hall–Kier alpha value is -4.22. The van der Waals surface area contributed by atoms with Crippen LogP contribution in [-0.4, -0.2) is 23.5 Å². The second-order valence-corrected chi connectivity index (χ2v) is 11.0. The van der Waals surface area contributed by atoms with Crippen LogP contribution in [0.4, 0.5) is 10.5 Å². The second kappa shape index (κ2) is 10.5. The normalized spacial score (nSPS) is 14.2. The largest absolute Gasteiger partial charge is 0.444 e. The summed E-state index contributed by atoms with van der Waals surface area (Å²) in [5.74, 6) is 0.0191. The minimum Gasteiger partial charge on any atom is -0.444 e. The van der Waals surface area contributed by atoms with Crippen LogP contribution in [-0.2, 0) is 21.5 Å². The third-order valence-corrected chi connectivity index (χ3v) is 7.09. The quantitative estimate of drug-likeness (QED) is 0.274. The number of carbonyl (C=O) groups is 2. The molecule has 1 aliphatic rings. The fourth-order valence-corrected chi connectivity index (χ4v) is 5.43. The Morgan fingerprint density at radius 2 is 1.31 bits per heavy atom. The topological polar surface area (TPSA) is 67.4 Å². The van der Waals surface area contributed by atoms with Gasteiger partial charge < -0.3 is 4.74 Å². The van der Waals surface area contributed by atoms with Gasteiger partial charge in [0.25, 0.3) is 0 Å². The third-order valence-electron chi connectivity index (χ3n) is 7.09. The standard InChI is InChI=1S/C34H34N2O3/c1-23(31(37)22-24-14-8-13-21-30(24)35-32(38)39-33(2,3)4)36-34(25-15-6-5-7-16-25)28-19-11-9-17-26(28)27-18-10-12-20-29(27)34/h5-21,23,36H,22H2,1-4H3,(H,35,38)/t23-/m0/s1. The summed E-state index contributed by atoms with van der Waals surface area (Å²) in [4.78, 5) is 26.2. The fourth-order valence-electron chi connectivity index (χ4n) is 5.43. The molecule has 0 spiro atoms. The van der Waals surface area contributed by atoms with E-state index in [0.717, 1.165) is 33.4 Å². The van der Waals surface area contributed by atoms with Crippen molar-refractivity contribution in [1.29, 1.82) is 0 Å². The Bertz CT molecular complexity index is 1460. The molecule has 0 saturated carbocycles. The van der Waals surface area contributed by atoms with Crippen molar-refractivity contribution >= 4 is 17.6 Å². The van der Waals surface area contributed by atoms with Crippen LogP contribution in [0.3, 0.4) is 0 Å². The molecule has 4 aromatic rings. The molecule has 39 heavy (non-hydrogen) atoms. The first-order valence-electron chi connectivity index (χ1n) is 13.3. The predicted octanol–water partition coefficient (Wildman–Crippen LogP) is 7.10. The van der Waals surface area contributed by atoms with Crippen LogP contribution in [0.5, 0.6) is 0 Å². The van der Waals surface area contributed by atoms with Crippen LogP contribution in [0, 0.1) is 0 Å². The Morgan fingerprint density at radius 1 is 0.769 bits per heavy atom. The number of nitrogens with one attached hydrogen (secondary N) is 2. The van der Waals surface area contributed by atoms with E-state index >= 15 is 0 Å². The maximum Gasteiger partial charge on any atom is 0.412 e. The number of hydrogen-bond donors (Lipinski definition) is 2. The maximum absolute atomic E-state index is 13.8. The summed E-state index contributed by atoms with van der Waals surface area (Å²) in [6.45, 7) is 7.37. The van der Waals surface area contributed by atoms with Gasteiger partial charge in [0, 0.05) is 12.1 Å². The molecule has 0 radical (unpaired) electrons. The molecule has 4 aromatic carbocycles. The zero-order chi connectivity index (χ0) is 27.6. The molecule has 0 saturated heterocycles. The number of ketones is 1. The molecule has 0 unspecified atom stereocenters. The first kappa shape index (κ1) is 26.4. The van der Waals surface area contributed by atoms with Crippen LogP contribution in [0.2, 0.25) is 0 Å². The lowest BCUT2D eigenvalue weighted by Crippen LogP contribution is -2.50. The van der Waals surface area contributed by atoms with Crippen LogP contribution in [0.1, 0.15) is 49.9 Å². The molecule has 5 rings (SSSR count). The smallest absolute Gasteiger partial charge is 0.412 e. The molecular weight excluding hydrogens is 484 g/mol. The number of carbonyl (C=O) groups excluding carboxylic acids is 2. The number of benzene rings is 4. The SMILES string of the molecule is C[C@H](NC1(c2ccccc2)c2ccccc2-c2ccccc21)C(=O)Cc1ccccc1NC(=O)OC(C)(C)C. The van der Waals surface area contributed by atoms with E-state index in [1.807, 2.05) is 64.1 Å². The molecule has 5 nitrogen and oxygen atoms in total. The lowest BCUT2D eigenvalue weighted by Gasteiger charge is -2.36. The third kappa shape index (κ3) is 5.23. The number of para-hydroxylation sites is 1. The Kier molecular flexibility index (Phi) is 7.11. The van der Waals surface area contributed by atoms with Crippen LogP contribution in [0.25, 0.3) is 11.1 Å². The molecule has 1 atom stereocenters. The second-order valence-electron chi connectivity index (χ2n) is 11.0. The van der Waals surface area contributed by atoms with Gasteiger partial charge in [-0.25, -0.2) is 4.79 Å². The van der Waals surface area contributed by atoms with Gasteiger partial charge >= 0.3 is 6.09 Å². The van der Waals surface area contributed by atoms with E-state index < -0.39 is 23.3 Å². The number of rotatable bonds is 7. The van der Waals surface area contributed by atoms with E-state index in [0.29, 0.717) is 5.69 Å². The maximum atomic E-state index is 13.8. The van der Waals surface area contributed by atoms with Gasteiger partial charge in [0.2, 0.25) is 0 Å². The average Bonchev–Trinajstić information content (AvgIpc) is 3.20. The van der Waals surface area contributed by atoms with Crippen molar-refractivity contribution < 1.29 is 14.3 Å².